The van der Waals surface area contributed by atoms with Crippen molar-refractivity contribution in [2.45, 2.75) is 41.2 Å². The Kier molecular flexibility index (Phi) is 5.40. The van der Waals surface area contributed by atoms with Crippen LogP contribution in [0.1, 0.15) is 25.3 Å². The smallest absolute Gasteiger partial charge is 0.237 e. The number of nitrogens with one attached hydrogen (secondary N) is 1. The molecule has 2 aromatic rings. The van der Waals surface area contributed by atoms with E-state index < -0.39 is 9.84 Å². The molecule has 2 aromatic carbocycles. The van der Waals surface area contributed by atoms with E-state index in [0.29, 0.717) is 12.2 Å². The first kappa shape index (κ1) is 20.0. The van der Waals surface area contributed by atoms with Crippen LogP contribution >= 0.6 is 11.8 Å². The van der Waals surface area contributed by atoms with E-state index in [1.807, 2.05) is 24.3 Å². The van der Waals surface area contributed by atoms with Gasteiger partial charge in [0.25, 0.3) is 0 Å². The van der Waals surface area contributed by atoms with Crippen LogP contribution in [-0.2, 0) is 25.8 Å². The molecular weight excluding hydrogens is 408 g/mol. The van der Waals surface area contributed by atoms with Gasteiger partial charge in [0, 0.05) is 23.5 Å². The lowest BCUT2D eigenvalue weighted by Crippen LogP contribution is -2.36. The molecule has 0 radical (unpaired) electrons. The number of para-hydroxylation sites is 1. The zero-order valence-corrected chi connectivity index (χ0v) is 17.7. The first-order chi connectivity index (χ1) is 13.8. The van der Waals surface area contributed by atoms with Crippen molar-refractivity contribution in [1.82, 2.24) is 0 Å². The molecule has 0 spiro atoms. The highest BCUT2D eigenvalue weighted by molar-refractivity contribution is 8.01. The molecule has 1 N–H and O–H groups in total. The Morgan fingerprint density at radius 3 is 2.86 bits per heavy atom. The molecule has 6 nitrogen and oxygen atoms in total. The monoisotopic (exact) mass is 430 g/mol. The molecule has 0 saturated heterocycles. The third kappa shape index (κ3) is 4.04. The maximum atomic E-state index is 12.8. The van der Waals surface area contributed by atoms with Gasteiger partial charge < -0.3 is 10.2 Å². The maximum Gasteiger partial charge on any atom is 0.237 e. The summed E-state index contributed by atoms with van der Waals surface area (Å²) >= 11 is 1.40. The number of sulfone groups is 1. The fourth-order valence-corrected chi connectivity index (χ4v) is 5.83. The summed E-state index contributed by atoms with van der Waals surface area (Å²) in [7, 11) is -3.64. The highest BCUT2D eigenvalue weighted by Crippen LogP contribution is 2.37. The number of thioether (sulfide) groups is 1. The van der Waals surface area contributed by atoms with Crippen molar-refractivity contribution >= 4 is 44.8 Å². The van der Waals surface area contributed by atoms with Crippen LogP contribution in [0.15, 0.2) is 52.3 Å². The fraction of sp³-hybridized carbons (Fsp3) is 0.333. The standard InChI is InChI=1S/C21H22N2O4S2/c1-14-21(25)22-17-13-16(8-9-19(17)28-14)29(26,27)12-10-20(24)23-11-4-6-15-5-2-3-7-18(15)23/h2-3,5,7-9,13-14H,4,6,10-12H2,1H3,(H,22,25). The molecule has 0 aromatic heterocycles. The van der Waals surface area contributed by atoms with Crippen LogP contribution in [0.2, 0.25) is 0 Å². The number of hydrogen-bond donors (Lipinski definition) is 1. The lowest BCUT2D eigenvalue weighted by Gasteiger charge is -2.29. The predicted octanol–water partition coefficient (Wildman–Crippen LogP) is 3.26. The SMILES string of the molecule is CC1Sc2ccc(S(=O)(=O)CCC(=O)N3CCCc4ccccc43)cc2NC1=O. The van der Waals surface area contributed by atoms with Gasteiger partial charge in [-0.2, -0.15) is 0 Å². The van der Waals surface area contributed by atoms with Gasteiger partial charge in [-0.15, -0.1) is 11.8 Å². The van der Waals surface area contributed by atoms with Crippen LogP contribution in [0.5, 0.6) is 0 Å². The van der Waals surface area contributed by atoms with E-state index in [2.05, 4.69) is 5.32 Å². The van der Waals surface area contributed by atoms with Crippen LogP contribution in [0, 0.1) is 0 Å². The van der Waals surface area contributed by atoms with E-state index >= 15 is 0 Å². The first-order valence-electron chi connectivity index (χ1n) is 9.58. The Morgan fingerprint density at radius 1 is 1.24 bits per heavy atom. The highest BCUT2D eigenvalue weighted by Gasteiger charge is 2.27. The number of amides is 2. The van der Waals surface area contributed by atoms with Gasteiger partial charge in [0.2, 0.25) is 11.8 Å². The van der Waals surface area contributed by atoms with Gasteiger partial charge in [0.15, 0.2) is 9.84 Å². The number of nitrogens with zero attached hydrogens (tertiary/aromatic N) is 1. The average Bonchev–Trinajstić information content (AvgIpc) is 2.72. The minimum atomic E-state index is -3.64. The number of benzene rings is 2. The molecule has 0 saturated carbocycles. The van der Waals surface area contributed by atoms with Crippen LogP contribution < -0.4 is 10.2 Å². The number of aryl methyl sites for hydroxylation is 1. The van der Waals surface area contributed by atoms with Crippen LogP contribution in [0.4, 0.5) is 11.4 Å². The van der Waals surface area contributed by atoms with Gasteiger partial charge in [-0.1, -0.05) is 18.2 Å². The van der Waals surface area contributed by atoms with E-state index in [-0.39, 0.29) is 34.1 Å². The summed E-state index contributed by atoms with van der Waals surface area (Å²) in [6, 6.07) is 12.5. The Hall–Kier alpha value is -2.32. The number of anilines is 2. The summed E-state index contributed by atoms with van der Waals surface area (Å²) < 4.78 is 25.6. The second-order valence-electron chi connectivity index (χ2n) is 7.25. The van der Waals surface area contributed by atoms with E-state index in [1.165, 1.54) is 17.8 Å². The number of fused-ring (bicyclic) bond motifs is 2. The number of hydrogen-bond acceptors (Lipinski definition) is 5. The summed E-state index contributed by atoms with van der Waals surface area (Å²) in [6.07, 6.45) is 1.72. The Bertz CT molecular complexity index is 1080. The van der Waals surface area contributed by atoms with Gasteiger partial charge in [0.1, 0.15) is 0 Å². The molecule has 2 aliphatic heterocycles. The van der Waals surface area contributed by atoms with Gasteiger partial charge in [-0.25, -0.2) is 8.42 Å². The highest BCUT2D eigenvalue weighted by atomic mass is 32.2. The average molecular weight is 431 g/mol. The van der Waals surface area contributed by atoms with Crippen molar-refractivity contribution in [3.63, 3.8) is 0 Å². The summed E-state index contributed by atoms with van der Waals surface area (Å²) in [5, 5.41) is 2.54. The second kappa shape index (κ2) is 7.84. The molecule has 1 unspecified atom stereocenters. The molecule has 2 amide bonds. The van der Waals surface area contributed by atoms with Crippen LogP contribution in [-0.4, -0.2) is 37.8 Å². The van der Waals surface area contributed by atoms with E-state index in [9.17, 15) is 18.0 Å². The van der Waals surface area contributed by atoms with Crippen molar-refractivity contribution in [2.75, 3.05) is 22.5 Å². The topological polar surface area (TPSA) is 83.6 Å². The third-order valence-corrected chi connectivity index (χ3v) is 8.13. The lowest BCUT2D eigenvalue weighted by molar-refractivity contribution is -0.118. The van der Waals surface area contributed by atoms with Crippen molar-refractivity contribution in [1.29, 1.82) is 0 Å². The van der Waals surface area contributed by atoms with Crippen molar-refractivity contribution in [3.05, 3.63) is 48.0 Å². The Labute approximate surface area is 174 Å². The normalized spacial score (nSPS) is 18.6. The zero-order chi connectivity index (χ0) is 20.6. The van der Waals surface area contributed by atoms with Gasteiger partial charge >= 0.3 is 0 Å². The first-order valence-corrected chi connectivity index (χ1v) is 12.1. The van der Waals surface area contributed by atoms with E-state index in [4.69, 9.17) is 0 Å². The zero-order valence-electron chi connectivity index (χ0n) is 16.1. The van der Waals surface area contributed by atoms with Gasteiger partial charge in [-0.3, -0.25) is 9.59 Å². The second-order valence-corrected chi connectivity index (χ2v) is 10.7. The van der Waals surface area contributed by atoms with Crippen LogP contribution in [0.3, 0.4) is 0 Å². The van der Waals surface area contributed by atoms with Crippen molar-refractivity contribution in [2.24, 2.45) is 0 Å². The molecule has 1 atom stereocenters. The molecule has 4 rings (SSSR count). The van der Waals surface area contributed by atoms with Gasteiger partial charge in [0.05, 0.1) is 21.6 Å². The van der Waals surface area contributed by atoms with Crippen molar-refractivity contribution < 1.29 is 18.0 Å². The molecule has 152 valence electrons. The van der Waals surface area contributed by atoms with Gasteiger partial charge in [-0.05, 0) is 49.6 Å². The Morgan fingerprint density at radius 2 is 2.03 bits per heavy atom. The van der Waals surface area contributed by atoms with Crippen LogP contribution in [0.25, 0.3) is 0 Å². The molecule has 2 heterocycles. The van der Waals surface area contributed by atoms with Crippen molar-refractivity contribution in [3.8, 4) is 0 Å². The van der Waals surface area contributed by atoms with E-state index in [0.717, 1.165) is 29.0 Å². The number of carbonyl (C=O) groups excluding carboxylic acids is 2. The molecule has 29 heavy (non-hydrogen) atoms. The minimum Gasteiger partial charge on any atom is -0.324 e. The number of carbonyl (C=O) groups is 2. The number of rotatable bonds is 4. The Balaban J connectivity index is 1.48. The third-order valence-electron chi connectivity index (χ3n) is 5.24. The quantitative estimate of drug-likeness (QED) is 0.805. The maximum absolute atomic E-state index is 12.8. The molecule has 0 fully saturated rings. The summed E-state index contributed by atoms with van der Waals surface area (Å²) in [4.78, 5) is 27.3. The molecule has 0 bridgehead atoms. The minimum absolute atomic E-state index is 0.0775. The summed E-state index contributed by atoms with van der Waals surface area (Å²) in [6.45, 7) is 2.41. The van der Waals surface area contributed by atoms with E-state index in [1.54, 1.807) is 24.0 Å². The lowest BCUT2D eigenvalue weighted by atomic mass is 10.0. The summed E-state index contributed by atoms with van der Waals surface area (Å²) in [5.74, 6) is -0.590. The molecule has 8 heteroatoms. The molecule has 0 aliphatic carbocycles. The summed E-state index contributed by atoms with van der Waals surface area (Å²) in [5.41, 5.74) is 2.51. The fourth-order valence-electron chi connectivity index (χ4n) is 3.65. The predicted molar refractivity (Wildman–Crippen MR) is 114 cm³/mol. The largest absolute Gasteiger partial charge is 0.324 e. The molecular formula is C21H22N2O4S2. The molecule has 2 aliphatic rings.